The molecule has 456 valence electrons. The summed E-state index contributed by atoms with van der Waals surface area (Å²) in [6.45, 7) is 12.6. The van der Waals surface area contributed by atoms with Crippen molar-refractivity contribution >= 4 is 71.9 Å². The van der Waals surface area contributed by atoms with Gasteiger partial charge in [-0.2, -0.15) is 0 Å². The van der Waals surface area contributed by atoms with Crippen LogP contribution in [0.5, 0.6) is 46.0 Å². The highest BCUT2D eigenvalue weighted by Gasteiger charge is 2.17. The minimum absolute atomic E-state index is 0.354. The van der Waals surface area contributed by atoms with Gasteiger partial charge in [-0.1, -0.05) is 40.9 Å². The highest BCUT2D eigenvalue weighted by atomic mass is 35.5. The van der Waals surface area contributed by atoms with Gasteiger partial charge in [-0.05, 0) is 71.8 Å². The number of anilines is 1. The Balaban J connectivity index is 0.000000196. The summed E-state index contributed by atoms with van der Waals surface area (Å²) in [4.78, 5) is 64.7. The van der Waals surface area contributed by atoms with Crippen molar-refractivity contribution in [2.45, 2.75) is 0 Å². The minimum atomic E-state index is 0.354. The number of hydrogen-bond donors (Lipinski definition) is 0. The molecule has 0 radical (unpaired) electrons. The van der Waals surface area contributed by atoms with E-state index < -0.39 is 0 Å². The summed E-state index contributed by atoms with van der Waals surface area (Å²) in [5.74, 6) is 4.34. The maximum Gasteiger partial charge on any atom is 0.162 e. The summed E-state index contributed by atoms with van der Waals surface area (Å²) < 4.78 is 57.9. The summed E-state index contributed by atoms with van der Waals surface area (Å²) >= 11 is 17.7. The number of carbonyl (C=O) groups excluding carboxylic acids is 5. The quantitative estimate of drug-likeness (QED) is 0.0614. The number of nitrogens with zero attached hydrogens (tertiary/aromatic N) is 4. The standard InChI is InChI=1S/2C14H18ClNO4.C13H11NO2.C12H15NO3.C9H9ClO3/c1-18-13-9-12(15)11(10-17)8-14(13)20-7-4-16-2-5-19-6-3-16;1-18-13-8-11(10-17)12(15)9-14(13)20-7-4-16-2-5-19-6-3-16;1-16-13-3-2-11(8-12(13)9-15)10-4-6-14-7-5-10;1-15-12-3-2-11(8-10(12)9-14)13-4-6-16-7-5-13;1-12-8-3-6(5-11)7(10)4-9(8)13-2/h2*8-10H,2-7H2,1H3;2-9H,1H3;2-3,8-9H,4-7H2,1H3;3-5H,1-2H3. The lowest BCUT2D eigenvalue weighted by Gasteiger charge is -2.29. The van der Waals surface area contributed by atoms with E-state index in [2.05, 4.69) is 19.7 Å². The van der Waals surface area contributed by atoms with Crippen molar-refractivity contribution in [1.82, 2.24) is 14.8 Å². The molecule has 3 fully saturated rings. The van der Waals surface area contributed by atoms with Crippen LogP contribution in [-0.2, 0) is 14.2 Å². The molecule has 3 aliphatic heterocycles. The van der Waals surface area contributed by atoms with Gasteiger partial charge in [0.05, 0.1) is 108 Å². The number of carbonyl (C=O) groups is 5. The second kappa shape index (κ2) is 37.7. The lowest BCUT2D eigenvalue weighted by atomic mass is 10.0. The predicted octanol–water partition coefficient (Wildman–Crippen LogP) is 9.83. The van der Waals surface area contributed by atoms with Crippen LogP contribution >= 0.6 is 34.8 Å². The van der Waals surface area contributed by atoms with Gasteiger partial charge in [0.15, 0.2) is 65.9 Å². The molecule has 6 aromatic rings. The van der Waals surface area contributed by atoms with E-state index in [1.807, 2.05) is 36.4 Å². The molecule has 0 amide bonds. The molecule has 3 saturated heterocycles. The normalized spacial score (nSPS) is 13.8. The van der Waals surface area contributed by atoms with Crippen molar-refractivity contribution in [3.63, 3.8) is 0 Å². The van der Waals surface area contributed by atoms with Gasteiger partial charge >= 0.3 is 0 Å². The van der Waals surface area contributed by atoms with E-state index in [1.165, 1.54) is 27.4 Å². The van der Waals surface area contributed by atoms with Crippen LogP contribution in [0.4, 0.5) is 5.69 Å². The zero-order valence-electron chi connectivity index (χ0n) is 48.4. The molecule has 0 atom stereocenters. The maximum absolute atomic E-state index is 10.9. The Morgan fingerprint density at radius 2 is 0.753 bits per heavy atom. The molecule has 85 heavy (non-hydrogen) atoms. The van der Waals surface area contributed by atoms with Crippen LogP contribution in [0.2, 0.25) is 15.1 Å². The first-order valence-corrected chi connectivity index (χ1v) is 27.9. The van der Waals surface area contributed by atoms with Gasteiger partial charge in [-0.25, -0.2) is 0 Å². The van der Waals surface area contributed by atoms with Gasteiger partial charge < -0.3 is 57.0 Å². The van der Waals surface area contributed by atoms with Crippen molar-refractivity contribution in [3.05, 3.63) is 140 Å². The fourth-order valence-corrected chi connectivity index (χ4v) is 8.98. The van der Waals surface area contributed by atoms with Crippen molar-refractivity contribution in [1.29, 1.82) is 0 Å². The second-order valence-electron chi connectivity index (χ2n) is 18.2. The number of aromatic nitrogens is 1. The zero-order chi connectivity index (χ0) is 61.3. The Morgan fingerprint density at radius 3 is 1.19 bits per heavy atom. The first kappa shape index (κ1) is 68.3. The summed E-state index contributed by atoms with van der Waals surface area (Å²) in [5, 5.41) is 1.08. The van der Waals surface area contributed by atoms with Crippen LogP contribution in [0.15, 0.2) is 97.3 Å². The first-order valence-electron chi connectivity index (χ1n) is 26.8. The van der Waals surface area contributed by atoms with Gasteiger partial charge in [0.1, 0.15) is 24.7 Å². The summed E-state index contributed by atoms with van der Waals surface area (Å²) in [6.07, 6.45) is 7.13. The largest absolute Gasteiger partial charge is 0.496 e. The van der Waals surface area contributed by atoms with E-state index in [9.17, 15) is 24.0 Å². The molecule has 1 aromatic heterocycles. The second-order valence-corrected chi connectivity index (χ2v) is 19.4. The van der Waals surface area contributed by atoms with E-state index in [-0.39, 0.29) is 0 Å². The molecular weight excluding hydrogens is 1160 g/mol. The summed E-state index contributed by atoms with van der Waals surface area (Å²) in [7, 11) is 9.20. The van der Waals surface area contributed by atoms with E-state index in [0.717, 1.165) is 121 Å². The third-order valence-corrected chi connectivity index (χ3v) is 14.1. The molecule has 0 spiro atoms. The third-order valence-electron chi connectivity index (χ3n) is 13.1. The van der Waals surface area contributed by atoms with Gasteiger partial charge in [-0.3, -0.25) is 38.8 Å². The molecule has 0 aliphatic carbocycles. The molecule has 23 heteroatoms. The van der Waals surface area contributed by atoms with Crippen LogP contribution in [-0.4, -0.2) is 194 Å². The fourth-order valence-electron chi connectivity index (χ4n) is 8.39. The van der Waals surface area contributed by atoms with Crippen LogP contribution in [0.3, 0.4) is 0 Å². The lowest BCUT2D eigenvalue weighted by Crippen LogP contribution is -2.38. The van der Waals surface area contributed by atoms with Crippen molar-refractivity contribution < 1.29 is 76.1 Å². The monoisotopic (exact) mass is 1230 g/mol. The Bertz CT molecular complexity index is 3050. The molecule has 5 aromatic carbocycles. The van der Waals surface area contributed by atoms with Crippen molar-refractivity contribution in [2.75, 3.05) is 153 Å². The van der Waals surface area contributed by atoms with E-state index >= 15 is 0 Å². The number of halogens is 3. The molecule has 0 unspecified atom stereocenters. The van der Waals surface area contributed by atoms with Crippen molar-refractivity contribution in [3.8, 4) is 57.1 Å². The number of pyridine rings is 1. The zero-order valence-corrected chi connectivity index (χ0v) is 50.7. The Labute approximate surface area is 510 Å². The van der Waals surface area contributed by atoms with E-state index in [4.69, 9.17) is 86.9 Å². The maximum atomic E-state index is 10.9. The molecular formula is C62H71Cl3N4O16. The average Bonchev–Trinajstić information content (AvgIpc) is 3.71. The average molecular weight is 1230 g/mol. The smallest absolute Gasteiger partial charge is 0.162 e. The van der Waals surface area contributed by atoms with E-state index in [1.54, 1.807) is 76.2 Å². The minimum Gasteiger partial charge on any atom is -0.496 e. The molecule has 0 bridgehead atoms. The van der Waals surface area contributed by atoms with Gasteiger partial charge in [0.25, 0.3) is 0 Å². The van der Waals surface area contributed by atoms with Crippen LogP contribution in [0, 0.1) is 0 Å². The number of benzene rings is 5. The lowest BCUT2D eigenvalue weighted by molar-refractivity contribution is 0.0320. The fraction of sp³-hybridized carbons (Fsp3) is 0.355. The number of ether oxygens (including phenoxy) is 11. The number of aldehydes is 5. The number of methoxy groups -OCH3 is 6. The highest BCUT2D eigenvalue weighted by molar-refractivity contribution is 6.34. The Hall–Kier alpha value is -7.53. The van der Waals surface area contributed by atoms with Crippen molar-refractivity contribution in [2.24, 2.45) is 0 Å². The highest BCUT2D eigenvalue weighted by Crippen LogP contribution is 2.35. The molecule has 0 saturated carbocycles. The molecule has 4 heterocycles. The van der Waals surface area contributed by atoms with Crippen LogP contribution in [0.25, 0.3) is 11.1 Å². The van der Waals surface area contributed by atoms with Gasteiger partial charge in [0.2, 0.25) is 0 Å². The number of hydrogen-bond acceptors (Lipinski definition) is 20. The molecule has 3 aliphatic rings. The van der Waals surface area contributed by atoms with Gasteiger partial charge in [-0.15, -0.1) is 0 Å². The van der Waals surface area contributed by atoms with Crippen LogP contribution in [0.1, 0.15) is 51.8 Å². The number of morpholine rings is 3. The first-order chi connectivity index (χ1) is 41.4. The summed E-state index contributed by atoms with van der Waals surface area (Å²) in [5.41, 5.74) is 5.37. The molecule has 20 nitrogen and oxygen atoms in total. The van der Waals surface area contributed by atoms with Gasteiger partial charge in [0, 0.05) is 105 Å². The molecule has 0 N–H and O–H groups in total. The van der Waals surface area contributed by atoms with Crippen LogP contribution < -0.4 is 42.8 Å². The molecule has 9 rings (SSSR count). The third kappa shape index (κ3) is 21.5. The Morgan fingerprint density at radius 1 is 0.400 bits per heavy atom. The number of rotatable bonds is 21. The topological polar surface area (TPSA) is 209 Å². The Kier molecular flexibility index (Phi) is 30.3. The van der Waals surface area contributed by atoms with E-state index in [0.29, 0.717) is 121 Å². The predicted molar refractivity (Wildman–Crippen MR) is 325 cm³/mol. The summed E-state index contributed by atoms with van der Waals surface area (Å²) in [6, 6.07) is 24.4. The SMILES string of the molecule is COc1cc(C=O)c(Cl)cc1OCCN1CCOCC1.COc1cc(Cl)c(C=O)cc1OC.COc1cc(Cl)c(C=O)cc1OCCN1CCOCC1.COc1ccc(-c2ccncc2)cc1C=O.COc1ccc(N2CCOCC2)cc1C=O.